The van der Waals surface area contributed by atoms with E-state index < -0.39 is 13.7 Å². The third-order valence-corrected chi connectivity index (χ3v) is 15.7. The van der Waals surface area contributed by atoms with Crippen molar-refractivity contribution in [3.63, 3.8) is 0 Å². The van der Waals surface area contributed by atoms with Crippen molar-refractivity contribution < 1.29 is 38.6 Å². The molecule has 5 nitrogen and oxygen atoms in total. The zero-order valence-corrected chi connectivity index (χ0v) is 48.7. The Hall–Kier alpha value is -8.11. The quantitative estimate of drug-likeness (QED) is 0.123. The number of hydrogen-bond acceptors (Lipinski definition) is 2. The molecular weight excluding hydrogens is 1160 g/mol. The van der Waals surface area contributed by atoms with Crippen LogP contribution in [0.2, 0.25) is 0 Å². The van der Waals surface area contributed by atoms with Crippen LogP contribution in [-0.2, 0) is 37.3 Å². The van der Waals surface area contributed by atoms with E-state index in [9.17, 15) is 0 Å². The number of rotatable bonds is 6. The Morgan fingerprint density at radius 1 is 0.487 bits per heavy atom. The summed E-state index contributed by atoms with van der Waals surface area (Å²) in [5.41, 5.74) is 15.5. The maximum absolute atomic E-state index is 8.91. The number of aromatic nitrogens is 4. The van der Waals surface area contributed by atoms with Crippen LogP contribution >= 0.6 is 0 Å². The first-order valence-corrected chi connectivity index (χ1v) is 27.1. The molecule has 9 aromatic carbocycles. The number of benzene rings is 9. The zero-order valence-electron chi connectivity index (χ0n) is 52.4. The van der Waals surface area contributed by atoms with E-state index in [1.807, 2.05) is 65.4 Å². The van der Waals surface area contributed by atoms with Crippen molar-refractivity contribution in [2.24, 2.45) is 0 Å². The first-order valence-electron chi connectivity index (χ1n) is 30.1. The average Bonchev–Trinajstić information content (AvgIpc) is 1.49. The van der Waals surface area contributed by atoms with E-state index in [2.05, 4.69) is 199 Å². The van der Waals surface area contributed by atoms with Gasteiger partial charge in [0.15, 0.2) is 0 Å². The molecule has 0 aliphatic carbocycles. The van der Waals surface area contributed by atoms with Crippen LogP contribution in [0, 0.1) is 32.2 Å². The fraction of sp³-hybridized carbons (Fsp3) is 0.189. The van der Waals surface area contributed by atoms with Gasteiger partial charge in [0, 0.05) is 52.5 Å². The van der Waals surface area contributed by atoms with Crippen LogP contribution in [0.3, 0.4) is 0 Å². The third-order valence-electron chi connectivity index (χ3n) is 15.7. The van der Waals surface area contributed by atoms with E-state index in [1.54, 1.807) is 18.2 Å². The Kier molecular flexibility index (Phi) is 11.2. The molecule has 12 aromatic rings. The van der Waals surface area contributed by atoms with Crippen molar-refractivity contribution in [3.8, 4) is 84.3 Å². The molecule has 4 heterocycles. The van der Waals surface area contributed by atoms with Crippen LogP contribution in [-0.4, -0.2) is 14.1 Å². The molecule has 3 aromatic heterocycles. The first kappa shape index (κ1) is 45.7. The minimum Gasteiger partial charge on any atom is -0.510 e. The zero-order chi connectivity index (χ0) is 59.7. The molecule has 0 unspecified atom stereocenters. The molecule has 0 fully saturated rings. The van der Waals surface area contributed by atoms with Crippen molar-refractivity contribution in [1.82, 2.24) is 14.1 Å². The number of imidazole rings is 1. The Balaban J connectivity index is 0.00000724. The third kappa shape index (κ3) is 9.01. The number of hydrogen-bond donors (Lipinski definition) is 0. The number of fused-ring (bicyclic) bond motifs is 10. The molecule has 13 rings (SSSR count). The first-order chi connectivity index (χ1) is 40.3. The van der Waals surface area contributed by atoms with Gasteiger partial charge in [-0.25, -0.2) is 4.98 Å². The topological polar surface area (TPSA) is 35.9 Å². The Morgan fingerprint density at radius 3 is 1.74 bits per heavy atom. The average molecular weight is 1230 g/mol. The van der Waals surface area contributed by atoms with Crippen molar-refractivity contribution >= 4 is 32.8 Å². The SMILES string of the molecule is [2H]C([2H])([2H])c1cccc(C([2H])([2H])[2H])c1-c1cc(-c2cc(C(C)(C)C)cc(C(C)(C)C)c2)c2c(c1)-c1ccccc1-c1ccccc1-c1cccc3c1[n+]-2[c-]n3-c1[c-]c(Oc2[c-]c3c(cc2)c2ccccc2n3-c2cc(C(C)(C)C)ccn2)ccc1.[Pt]. The molecule has 6 heteroatoms. The second-order valence-corrected chi connectivity index (χ2v) is 24.1. The monoisotopic (exact) mass is 1230 g/mol. The molecule has 398 valence electrons. The Labute approximate surface area is 493 Å². The predicted octanol–water partition coefficient (Wildman–Crippen LogP) is 18.7. The number of pyridine rings is 1. The largest absolute Gasteiger partial charge is 0.510 e. The van der Waals surface area contributed by atoms with Gasteiger partial charge in [-0.05, 0) is 155 Å². The Morgan fingerprint density at radius 2 is 1.06 bits per heavy atom. The summed E-state index contributed by atoms with van der Waals surface area (Å²) in [4.78, 5) is 4.89. The Bertz CT molecular complexity index is 4620. The van der Waals surface area contributed by atoms with E-state index in [-0.39, 0.29) is 54.0 Å². The second kappa shape index (κ2) is 19.6. The van der Waals surface area contributed by atoms with Crippen LogP contribution in [0.1, 0.15) is 98.4 Å². The van der Waals surface area contributed by atoms with E-state index in [0.717, 1.165) is 100.0 Å². The number of ether oxygens (including phenoxy) is 1. The summed E-state index contributed by atoms with van der Waals surface area (Å²) in [5.74, 6) is 1.78. The molecule has 1 aliphatic rings. The number of nitrogens with zero attached hydrogens (tertiary/aromatic N) is 4. The summed E-state index contributed by atoms with van der Waals surface area (Å²) in [5, 5.41) is 2.11. The van der Waals surface area contributed by atoms with Gasteiger partial charge in [-0.3, -0.25) is 4.57 Å². The molecule has 0 amide bonds. The molecule has 0 saturated carbocycles. The summed E-state index contributed by atoms with van der Waals surface area (Å²) in [6.45, 7) is 14.6. The molecule has 1 aliphatic heterocycles. The summed E-state index contributed by atoms with van der Waals surface area (Å²) in [6, 6.07) is 68.3. The fourth-order valence-corrected chi connectivity index (χ4v) is 11.5. The van der Waals surface area contributed by atoms with Crippen LogP contribution in [0.25, 0.3) is 106 Å². The van der Waals surface area contributed by atoms with Crippen molar-refractivity contribution in [3.05, 3.63) is 234 Å². The van der Waals surface area contributed by atoms with Crippen molar-refractivity contribution in [1.29, 1.82) is 0 Å². The van der Waals surface area contributed by atoms with E-state index in [1.165, 1.54) is 5.56 Å². The van der Waals surface area contributed by atoms with E-state index in [4.69, 9.17) is 17.9 Å². The fourth-order valence-electron chi connectivity index (χ4n) is 11.5. The maximum atomic E-state index is 8.91. The molecule has 80 heavy (non-hydrogen) atoms. The minimum absolute atomic E-state index is 0. The molecule has 0 N–H and O–H groups in total. The molecule has 0 radical (unpaired) electrons. The minimum atomic E-state index is -2.65. The smallest absolute Gasteiger partial charge is 0.268 e. The molecule has 0 saturated heterocycles. The summed E-state index contributed by atoms with van der Waals surface area (Å²) in [6.07, 6.45) is 5.79. The normalized spacial score (nSPS) is 13.8. The van der Waals surface area contributed by atoms with Gasteiger partial charge in [-0.1, -0.05) is 189 Å². The second-order valence-electron chi connectivity index (χ2n) is 24.1. The standard InChI is InChI=1S/C74H64N4O.Pt/c1-46-21-18-22-47(2)69(46)49-39-63(48-37-51(73(6,7)8)41-52(38-48)74(9,10)11)70-64(40-49)59-28-15-13-26-57(59)56-25-12-14-27-58(56)62-30-20-32-66-71(62)77(70)45-76(66)53-23-19-24-54(43-53)79-55-33-34-61-60-29-16-17-31-65(60)78(67(61)44-55)68-42-50(35-36-75-68)72(3,4)5;/h12-42H,1-11H3;/q-2;/i1D3,2D3;. The van der Waals surface area contributed by atoms with Crippen molar-refractivity contribution in [2.75, 3.05) is 0 Å². The van der Waals surface area contributed by atoms with E-state index >= 15 is 0 Å². The van der Waals surface area contributed by atoms with Gasteiger partial charge in [0.05, 0.1) is 16.7 Å². The summed E-state index contributed by atoms with van der Waals surface area (Å²) >= 11 is 0. The predicted molar refractivity (Wildman–Crippen MR) is 326 cm³/mol. The van der Waals surface area contributed by atoms with Gasteiger partial charge in [0.1, 0.15) is 5.82 Å². The maximum Gasteiger partial charge on any atom is 0.268 e. The van der Waals surface area contributed by atoms with Crippen LogP contribution < -0.4 is 9.30 Å². The van der Waals surface area contributed by atoms with Crippen LogP contribution in [0.15, 0.2) is 188 Å². The number of aryl methyl sites for hydroxylation is 2. The molecular formula is C74H64N4OPt-2. The van der Waals surface area contributed by atoms with Crippen molar-refractivity contribution in [2.45, 2.75) is 92.3 Å². The van der Waals surface area contributed by atoms with Crippen LogP contribution in [0.5, 0.6) is 11.5 Å². The van der Waals surface area contributed by atoms with Gasteiger partial charge in [0.2, 0.25) is 0 Å². The molecule has 0 atom stereocenters. The van der Waals surface area contributed by atoms with Gasteiger partial charge >= 0.3 is 0 Å². The van der Waals surface area contributed by atoms with Gasteiger partial charge in [-0.2, -0.15) is 18.2 Å². The van der Waals surface area contributed by atoms with Gasteiger partial charge in [-0.15, -0.1) is 29.7 Å². The van der Waals surface area contributed by atoms with Gasteiger partial charge in [0.25, 0.3) is 6.33 Å². The summed E-state index contributed by atoms with van der Waals surface area (Å²) in [7, 11) is 0. The van der Waals surface area contributed by atoms with E-state index in [0.29, 0.717) is 22.7 Å². The molecule has 0 bridgehead atoms. The van der Waals surface area contributed by atoms with Crippen LogP contribution in [0.4, 0.5) is 0 Å². The number of para-hydroxylation sites is 2. The molecule has 0 spiro atoms. The van der Waals surface area contributed by atoms with Gasteiger partial charge < -0.3 is 13.9 Å². The summed E-state index contributed by atoms with van der Waals surface area (Å²) < 4.78 is 66.6.